The van der Waals surface area contributed by atoms with Crippen LogP contribution in [-0.2, 0) is 18.3 Å². The fraction of sp³-hybridized carbons (Fsp3) is 0.364. The largest absolute Gasteiger partial charge is 0.497 e. The average Bonchev–Trinajstić information content (AvgIpc) is 3.35. The van der Waals surface area contributed by atoms with E-state index < -0.39 is 6.03 Å². The van der Waals surface area contributed by atoms with Crippen molar-refractivity contribution in [1.82, 2.24) is 19.7 Å². The molecule has 0 radical (unpaired) electrons. The van der Waals surface area contributed by atoms with Gasteiger partial charge in [0.2, 0.25) is 5.95 Å². The number of nitrogens with one attached hydrogen (secondary N) is 3. The number of aromatic amines is 1. The average molecular weight is 422 g/mol. The molecule has 1 aromatic carbocycles. The van der Waals surface area contributed by atoms with Crippen LogP contribution in [-0.4, -0.2) is 32.9 Å². The summed E-state index contributed by atoms with van der Waals surface area (Å²) in [6.07, 6.45) is 2.41. The summed E-state index contributed by atoms with van der Waals surface area (Å²) in [5.74, 6) is 1.41. The van der Waals surface area contributed by atoms with Crippen LogP contribution >= 0.6 is 0 Å². The molecular formula is C22H26N6O3. The van der Waals surface area contributed by atoms with Gasteiger partial charge in [0.05, 0.1) is 18.5 Å². The summed E-state index contributed by atoms with van der Waals surface area (Å²) in [5, 5.41) is 10.2. The van der Waals surface area contributed by atoms with Gasteiger partial charge in [-0.25, -0.2) is 9.78 Å². The highest BCUT2D eigenvalue weighted by molar-refractivity contribution is 5.99. The highest BCUT2D eigenvalue weighted by atomic mass is 16.5. The lowest BCUT2D eigenvalue weighted by molar-refractivity contribution is 0.262. The maximum absolute atomic E-state index is 12.6. The van der Waals surface area contributed by atoms with Gasteiger partial charge in [0.15, 0.2) is 0 Å². The van der Waals surface area contributed by atoms with Crippen LogP contribution in [0.2, 0.25) is 0 Å². The minimum atomic E-state index is -0.435. The van der Waals surface area contributed by atoms with Crippen LogP contribution in [0.5, 0.6) is 5.75 Å². The van der Waals surface area contributed by atoms with E-state index in [1.807, 2.05) is 20.8 Å². The number of methoxy groups -OCH3 is 1. The number of aromatic nitrogens is 4. The minimum Gasteiger partial charge on any atom is -0.497 e. The molecule has 2 aromatic heterocycles. The number of ether oxygens (including phenoxy) is 1. The van der Waals surface area contributed by atoms with Crippen molar-refractivity contribution in [3.05, 3.63) is 57.6 Å². The molecule has 4 rings (SSSR count). The molecular weight excluding hydrogens is 396 g/mol. The Morgan fingerprint density at radius 1 is 1.16 bits per heavy atom. The quantitative estimate of drug-likeness (QED) is 0.596. The fourth-order valence-electron chi connectivity index (χ4n) is 3.48. The maximum atomic E-state index is 12.6. The standard InChI is InChI=1S/C22H26N6O3/c1-22(2,3)17-12-18(25-21(30)23-13-8-10-14(31-4)11-9-13)28(27-17)20-24-16-7-5-6-15(16)19(29)26-20/h8-12H,5-7H2,1-4H3,(H2,23,25,30)(H,24,26,29). The Balaban J connectivity index is 1.65. The molecule has 0 saturated heterocycles. The van der Waals surface area contributed by atoms with Crippen molar-refractivity contribution in [2.24, 2.45) is 0 Å². The number of nitrogens with zero attached hydrogens (tertiary/aromatic N) is 3. The summed E-state index contributed by atoms with van der Waals surface area (Å²) < 4.78 is 6.61. The Hall–Kier alpha value is -3.62. The zero-order valence-corrected chi connectivity index (χ0v) is 18.1. The van der Waals surface area contributed by atoms with E-state index in [4.69, 9.17) is 4.74 Å². The van der Waals surface area contributed by atoms with Gasteiger partial charge in [-0.15, -0.1) is 0 Å². The van der Waals surface area contributed by atoms with Crippen LogP contribution in [0.1, 0.15) is 44.1 Å². The predicted molar refractivity (Wildman–Crippen MR) is 118 cm³/mol. The number of amides is 2. The van der Waals surface area contributed by atoms with Crippen LogP contribution < -0.4 is 20.9 Å². The number of fused-ring (bicyclic) bond motifs is 1. The summed E-state index contributed by atoms with van der Waals surface area (Å²) in [6.45, 7) is 6.08. The third-order valence-corrected chi connectivity index (χ3v) is 5.20. The topological polar surface area (TPSA) is 114 Å². The second-order valence-electron chi connectivity index (χ2n) is 8.55. The Labute approximate surface area is 179 Å². The number of anilines is 2. The Kier molecular flexibility index (Phi) is 5.26. The zero-order chi connectivity index (χ0) is 22.2. The van der Waals surface area contributed by atoms with Crippen LogP contribution in [0.25, 0.3) is 5.95 Å². The first kappa shape index (κ1) is 20.6. The van der Waals surface area contributed by atoms with Crippen molar-refractivity contribution >= 4 is 17.5 Å². The number of carbonyl (C=O) groups is 1. The number of H-pyrrole nitrogens is 1. The van der Waals surface area contributed by atoms with Crippen molar-refractivity contribution in [3.8, 4) is 11.7 Å². The molecule has 2 amide bonds. The highest BCUT2D eigenvalue weighted by Crippen LogP contribution is 2.26. The molecule has 1 aliphatic carbocycles. The monoisotopic (exact) mass is 422 g/mol. The summed E-state index contributed by atoms with van der Waals surface area (Å²) >= 11 is 0. The van der Waals surface area contributed by atoms with Crippen molar-refractivity contribution in [2.45, 2.75) is 45.4 Å². The van der Waals surface area contributed by atoms with Gasteiger partial charge in [-0.2, -0.15) is 9.78 Å². The third-order valence-electron chi connectivity index (χ3n) is 5.20. The Morgan fingerprint density at radius 2 is 1.90 bits per heavy atom. The van der Waals surface area contributed by atoms with E-state index in [0.717, 1.165) is 36.2 Å². The van der Waals surface area contributed by atoms with Gasteiger partial charge in [0.1, 0.15) is 11.6 Å². The molecule has 31 heavy (non-hydrogen) atoms. The number of rotatable bonds is 4. The normalized spacial score (nSPS) is 13.0. The van der Waals surface area contributed by atoms with Crippen molar-refractivity contribution in [3.63, 3.8) is 0 Å². The van der Waals surface area contributed by atoms with E-state index in [1.165, 1.54) is 4.68 Å². The summed E-state index contributed by atoms with van der Waals surface area (Å²) in [6, 6.07) is 8.37. The molecule has 0 aliphatic heterocycles. The SMILES string of the molecule is COc1ccc(NC(=O)Nc2cc(C(C)(C)C)nn2-c2nc3c(c(=O)[nH]2)CCC3)cc1. The molecule has 0 saturated carbocycles. The van der Waals surface area contributed by atoms with E-state index in [9.17, 15) is 9.59 Å². The highest BCUT2D eigenvalue weighted by Gasteiger charge is 2.24. The first-order valence-corrected chi connectivity index (χ1v) is 10.2. The summed E-state index contributed by atoms with van der Waals surface area (Å²) in [5.41, 5.74) is 2.49. The molecule has 0 atom stereocenters. The molecule has 9 nitrogen and oxygen atoms in total. The fourth-order valence-corrected chi connectivity index (χ4v) is 3.48. The first-order valence-electron chi connectivity index (χ1n) is 10.2. The summed E-state index contributed by atoms with van der Waals surface area (Å²) in [4.78, 5) is 32.6. The lowest BCUT2D eigenvalue weighted by atomic mass is 9.92. The number of benzene rings is 1. The second-order valence-corrected chi connectivity index (χ2v) is 8.55. The van der Waals surface area contributed by atoms with Crippen molar-refractivity contribution < 1.29 is 9.53 Å². The van der Waals surface area contributed by atoms with Gasteiger partial charge < -0.3 is 10.1 Å². The Bertz CT molecular complexity index is 1170. The minimum absolute atomic E-state index is 0.154. The predicted octanol–water partition coefficient (Wildman–Crippen LogP) is 3.39. The van der Waals surface area contributed by atoms with E-state index >= 15 is 0 Å². The zero-order valence-electron chi connectivity index (χ0n) is 18.1. The maximum Gasteiger partial charge on any atom is 0.324 e. The van der Waals surface area contributed by atoms with Gasteiger partial charge in [-0.3, -0.25) is 15.1 Å². The molecule has 162 valence electrons. The number of urea groups is 1. The molecule has 0 bridgehead atoms. The number of carbonyl (C=O) groups excluding carboxylic acids is 1. The third kappa shape index (κ3) is 4.30. The number of aryl methyl sites for hydroxylation is 1. The van der Waals surface area contributed by atoms with Crippen LogP contribution in [0.3, 0.4) is 0 Å². The number of hydrogen-bond acceptors (Lipinski definition) is 5. The molecule has 0 spiro atoms. The van der Waals surface area contributed by atoms with Gasteiger partial charge in [0, 0.05) is 22.7 Å². The van der Waals surface area contributed by atoms with E-state index in [0.29, 0.717) is 23.2 Å². The smallest absolute Gasteiger partial charge is 0.324 e. The van der Waals surface area contributed by atoms with Gasteiger partial charge in [-0.1, -0.05) is 20.8 Å². The van der Waals surface area contributed by atoms with Gasteiger partial charge in [-0.05, 0) is 43.5 Å². The number of hydrogen-bond donors (Lipinski definition) is 3. The van der Waals surface area contributed by atoms with Crippen LogP contribution in [0.15, 0.2) is 35.1 Å². The molecule has 0 unspecified atom stereocenters. The summed E-state index contributed by atoms with van der Waals surface area (Å²) in [7, 11) is 1.58. The molecule has 3 aromatic rings. The second kappa shape index (κ2) is 7.90. The van der Waals surface area contributed by atoms with Crippen molar-refractivity contribution in [1.29, 1.82) is 0 Å². The van der Waals surface area contributed by atoms with Gasteiger partial charge >= 0.3 is 6.03 Å². The van der Waals surface area contributed by atoms with E-state index in [2.05, 4.69) is 25.7 Å². The lowest BCUT2D eigenvalue weighted by Gasteiger charge is -2.14. The molecule has 1 aliphatic rings. The van der Waals surface area contributed by atoms with Crippen LogP contribution in [0, 0.1) is 0 Å². The van der Waals surface area contributed by atoms with E-state index in [-0.39, 0.29) is 11.0 Å². The van der Waals surface area contributed by atoms with Gasteiger partial charge in [0.25, 0.3) is 5.56 Å². The lowest BCUT2D eigenvalue weighted by Crippen LogP contribution is -2.23. The molecule has 2 heterocycles. The molecule has 9 heteroatoms. The molecule has 3 N–H and O–H groups in total. The van der Waals surface area contributed by atoms with Crippen LogP contribution in [0.4, 0.5) is 16.3 Å². The molecule has 0 fully saturated rings. The Morgan fingerprint density at radius 3 is 2.58 bits per heavy atom. The van der Waals surface area contributed by atoms with Crippen molar-refractivity contribution in [2.75, 3.05) is 17.7 Å². The van der Waals surface area contributed by atoms with E-state index in [1.54, 1.807) is 37.4 Å². The first-order chi connectivity index (χ1) is 14.7.